The number of carboxylic acids is 1. The Morgan fingerprint density at radius 3 is 1.04 bits per heavy atom. The van der Waals surface area contributed by atoms with E-state index in [-0.39, 0.29) is 38.6 Å². The maximum Gasteiger partial charge on any atom is 0.361 e. The number of nitrogens with zero attached hydrogens (tertiary/aromatic N) is 1. The summed E-state index contributed by atoms with van der Waals surface area (Å²) < 4.78 is 22.9. The molecule has 1 N–H and O–H groups in total. The molecule has 0 rings (SSSR count). The number of esters is 2. The van der Waals surface area contributed by atoms with Crippen molar-refractivity contribution in [3.63, 3.8) is 0 Å². The number of unbranched alkanes of at least 4 members (excludes halogenated alkanes) is 20. The van der Waals surface area contributed by atoms with Crippen molar-refractivity contribution in [1.29, 1.82) is 0 Å². The van der Waals surface area contributed by atoms with Gasteiger partial charge in [-0.05, 0) is 103 Å². The van der Waals surface area contributed by atoms with Crippen LogP contribution in [-0.2, 0) is 33.3 Å². The molecule has 0 saturated carbocycles. The van der Waals surface area contributed by atoms with Crippen molar-refractivity contribution in [1.82, 2.24) is 0 Å². The summed E-state index contributed by atoms with van der Waals surface area (Å²) in [6.07, 6.45) is 78.5. The number of carbonyl (C=O) groups is 3. The van der Waals surface area contributed by atoms with Crippen LogP contribution in [0.1, 0.15) is 232 Å². The Bertz CT molecular complexity index is 1670. The number of likely N-dealkylation sites (N-methyl/N-ethyl adjacent to an activating group) is 1. The first-order valence-electron chi connectivity index (χ1n) is 30.7. The summed E-state index contributed by atoms with van der Waals surface area (Å²) in [7, 11) is 5.96. The molecule has 0 bridgehead atoms. The van der Waals surface area contributed by atoms with Gasteiger partial charge in [-0.2, -0.15) is 0 Å². The Hall–Kier alpha value is -4.31. The number of quaternary nitrogens is 1. The number of rotatable bonds is 55. The molecule has 77 heavy (non-hydrogen) atoms. The SMILES string of the molecule is CC/C=C\C/C=C\C/C=C\C/C=C\C/C=C\C/C=C\CCCCCCCCCCCCCCC(=O)OC(COC(=O)CCCCCCCCCC/C=C\C/C=C\C/C=C\C/C=C\CC)COC(OCC[N+](C)(C)C)C(=O)O. The standard InChI is InChI=1S/C68H113NO8/c1-6-8-10-12-14-16-18-20-22-24-26-28-29-30-31-32-33-34-35-36-37-39-41-43-45-47-49-51-53-55-57-59-66(71)77-64(63-76-68(67(72)73)74-61-60-69(3,4)5)62-75-65(70)58-56-54-52-50-48-46-44-42-40-38-27-25-23-21-19-17-15-13-11-9-7-2/h8-11,14-17,20-23,26-28,30-31,33-34,38,64,68H,6-7,12-13,18-19,24-25,29,32,35-37,39-63H2,1-5H3/p+1/b10-8-,11-9-,16-14-,17-15-,22-20-,23-21-,28-26-,31-30-,34-33-,38-27-. The van der Waals surface area contributed by atoms with Crippen LogP contribution in [0.25, 0.3) is 0 Å². The highest BCUT2D eigenvalue weighted by Crippen LogP contribution is 2.15. The zero-order chi connectivity index (χ0) is 56.2. The van der Waals surface area contributed by atoms with E-state index in [0.717, 1.165) is 116 Å². The van der Waals surface area contributed by atoms with Gasteiger partial charge in [0.15, 0.2) is 6.10 Å². The molecule has 9 nitrogen and oxygen atoms in total. The van der Waals surface area contributed by atoms with Crippen molar-refractivity contribution >= 4 is 17.9 Å². The Balaban J connectivity index is 4.23. The van der Waals surface area contributed by atoms with Gasteiger partial charge in [-0.25, -0.2) is 4.79 Å². The van der Waals surface area contributed by atoms with Crippen molar-refractivity contribution in [2.45, 2.75) is 245 Å². The van der Waals surface area contributed by atoms with Crippen molar-refractivity contribution in [3.05, 3.63) is 122 Å². The zero-order valence-electron chi connectivity index (χ0n) is 49.8. The third kappa shape index (κ3) is 59.2. The Labute approximate surface area is 472 Å². The van der Waals surface area contributed by atoms with Crippen LogP contribution in [0, 0.1) is 0 Å². The molecule has 0 aliphatic carbocycles. The molecule has 0 heterocycles. The topological polar surface area (TPSA) is 108 Å². The summed E-state index contributed by atoms with van der Waals surface area (Å²) in [6.45, 7) is 4.63. The van der Waals surface area contributed by atoms with Crippen LogP contribution in [-0.4, -0.2) is 87.4 Å². The predicted octanol–water partition coefficient (Wildman–Crippen LogP) is 18.5. The van der Waals surface area contributed by atoms with Crippen LogP contribution in [0.4, 0.5) is 0 Å². The second-order valence-electron chi connectivity index (χ2n) is 21.2. The van der Waals surface area contributed by atoms with E-state index in [2.05, 4.69) is 135 Å². The minimum absolute atomic E-state index is 0.180. The molecule has 0 radical (unpaired) electrons. The van der Waals surface area contributed by atoms with E-state index < -0.39 is 24.3 Å². The van der Waals surface area contributed by atoms with Gasteiger partial charge in [0.2, 0.25) is 0 Å². The van der Waals surface area contributed by atoms with Gasteiger partial charge in [-0.1, -0.05) is 238 Å². The van der Waals surface area contributed by atoms with Gasteiger partial charge in [-0.15, -0.1) is 0 Å². The van der Waals surface area contributed by atoms with Crippen LogP contribution < -0.4 is 0 Å². The summed E-state index contributed by atoms with van der Waals surface area (Å²) >= 11 is 0. The lowest BCUT2D eigenvalue weighted by Crippen LogP contribution is -2.40. The second kappa shape index (κ2) is 57.9. The van der Waals surface area contributed by atoms with E-state index in [1.54, 1.807) is 0 Å². The maximum atomic E-state index is 12.9. The first kappa shape index (κ1) is 72.7. The Morgan fingerprint density at radius 2 is 0.701 bits per heavy atom. The lowest BCUT2D eigenvalue weighted by atomic mass is 10.0. The third-order valence-corrected chi connectivity index (χ3v) is 12.7. The smallest absolute Gasteiger partial charge is 0.361 e. The quantitative estimate of drug-likeness (QED) is 0.0211. The van der Waals surface area contributed by atoms with Gasteiger partial charge in [0.1, 0.15) is 13.2 Å². The summed E-state index contributed by atoms with van der Waals surface area (Å²) in [5.41, 5.74) is 0. The number of aliphatic carboxylic acids is 1. The molecular formula is C68H114NO8+. The average Bonchev–Trinajstić information content (AvgIpc) is 3.40. The monoisotopic (exact) mass is 1070 g/mol. The molecule has 0 saturated heterocycles. The van der Waals surface area contributed by atoms with Crippen molar-refractivity contribution in [2.75, 3.05) is 47.5 Å². The lowest BCUT2D eigenvalue weighted by molar-refractivity contribution is -0.870. The van der Waals surface area contributed by atoms with E-state index in [4.69, 9.17) is 18.9 Å². The van der Waals surface area contributed by atoms with Crippen LogP contribution in [0.15, 0.2) is 122 Å². The number of hydrogen-bond acceptors (Lipinski definition) is 7. The lowest BCUT2D eigenvalue weighted by Gasteiger charge is -2.25. The largest absolute Gasteiger partial charge is 0.477 e. The van der Waals surface area contributed by atoms with E-state index in [1.807, 2.05) is 21.1 Å². The molecule has 0 fully saturated rings. The molecule has 9 heteroatoms. The minimum Gasteiger partial charge on any atom is -0.477 e. The molecule has 0 aromatic heterocycles. The molecule has 0 aliphatic heterocycles. The fourth-order valence-corrected chi connectivity index (χ4v) is 8.07. The van der Waals surface area contributed by atoms with Crippen LogP contribution >= 0.6 is 0 Å². The van der Waals surface area contributed by atoms with Gasteiger partial charge in [0.25, 0.3) is 6.29 Å². The van der Waals surface area contributed by atoms with Crippen molar-refractivity contribution in [3.8, 4) is 0 Å². The highest BCUT2D eigenvalue weighted by Gasteiger charge is 2.25. The first-order valence-corrected chi connectivity index (χ1v) is 30.7. The van der Waals surface area contributed by atoms with Crippen LogP contribution in [0.2, 0.25) is 0 Å². The fourth-order valence-electron chi connectivity index (χ4n) is 8.07. The fraction of sp³-hybridized carbons (Fsp3) is 0.662. The maximum absolute atomic E-state index is 12.9. The molecule has 0 aromatic rings. The summed E-state index contributed by atoms with van der Waals surface area (Å²) in [6, 6.07) is 0. The minimum atomic E-state index is -1.52. The Kier molecular flexibility index (Phi) is 54.6. The second-order valence-corrected chi connectivity index (χ2v) is 21.2. The van der Waals surface area contributed by atoms with Crippen molar-refractivity contribution < 1.29 is 42.9 Å². The summed E-state index contributed by atoms with van der Waals surface area (Å²) in [5.74, 6) is -2.03. The van der Waals surface area contributed by atoms with E-state index in [1.165, 1.54) is 83.5 Å². The van der Waals surface area contributed by atoms with Crippen molar-refractivity contribution in [2.24, 2.45) is 0 Å². The number of ether oxygens (including phenoxy) is 4. The number of allylic oxidation sites excluding steroid dienone is 20. The molecule has 2 unspecified atom stereocenters. The van der Waals surface area contributed by atoms with Crippen LogP contribution in [0.5, 0.6) is 0 Å². The summed E-state index contributed by atoms with van der Waals surface area (Å²) in [5, 5.41) is 9.72. The number of carbonyl (C=O) groups excluding carboxylic acids is 2. The van der Waals surface area contributed by atoms with E-state index >= 15 is 0 Å². The third-order valence-electron chi connectivity index (χ3n) is 12.7. The number of carboxylic acid groups (broad SMARTS) is 1. The summed E-state index contributed by atoms with van der Waals surface area (Å²) in [4.78, 5) is 37.5. The zero-order valence-corrected chi connectivity index (χ0v) is 49.8. The molecule has 0 spiro atoms. The van der Waals surface area contributed by atoms with Gasteiger partial charge in [0, 0.05) is 12.8 Å². The highest BCUT2D eigenvalue weighted by atomic mass is 16.7. The molecule has 0 aliphatic rings. The Morgan fingerprint density at radius 1 is 0.390 bits per heavy atom. The molecule has 438 valence electrons. The normalized spacial score (nSPS) is 13.6. The molecule has 2 atom stereocenters. The molecule has 0 aromatic carbocycles. The average molecular weight is 1070 g/mol. The predicted molar refractivity (Wildman–Crippen MR) is 327 cm³/mol. The van der Waals surface area contributed by atoms with E-state index in [9.17, 15) is 19.5 Å². The van der Waals surface area contributed by atoms with Gasteiger partial charge in [0.05, 0.1) is 34.4 Å². The molecular weight excluding hydrogens is 959 g/mol. The highest BCUT2D eigenvalue weighted by molar-refractivity contribution is 5.71. The van der Waals surface area contributed by atoms with E-state index in [0.29, 0.717) is 17.4 Å². The van der Waals surface area contributed by atoms with Crippen LogP contribution in [0.3, 0.4) is 0 Å². The number of hydrogen-bond donors (Lipinski definition) is 1. The van der Waals surface area contributed by atoms with Gasteiger partial charge in [-0.3, -0.25) is 9.59 Å². The first-order chi connectivity index (χ1) is 37.6. The van der Waals surface area contributed by atoms with Gasteiger partial charge >= 0.3 is 17.9 Å². The molecule has 0 amide bonds. The van der Waals surface area contributed by atoms with Gasteiger partial charge < -0.3 is 28.5 Å².